The lowest BCUT2D eigenvalue weighted by Gasteiger charge is -2.33. The van der Waals surface area contributed by atoms with E-state index < -0.39 is 0 Å². The van der Waals surface area contributed by atoms with Gasteiger partial charge >= 0.3 is 0 Å². The van der Waals surface area contributed by atoms with Crippen LogP contribution in [0.1, 0.15) is 65.7 Å². The van der Waals surface area contributed by atoms with Crippen LogP contribution in [0.15, 0.2) is 0 Å². The lowest BCUT2D eigenvalue weighted by Crippen LogP contribution is -2.43. The van der Waals surface area contributed by atoms with Crippen LogP contribution in [-0.2, 0) is 4.74 Å². The average Bonchev–Trinajstić information content (AvgIpc) is 2.96. The zero-order valence-corrected chi connectivity index (χ0v) is 11.8. The maximum absolute atomic E-state index is 6.43. The van der Waals surface area contributed by atoms with Gasteiger partial charge in [-0.3, -0.25) is 0 Å². The zero-order chi connectivity index (χ0) is 12.3. The lowest BCUT2D eigenvalue weighted by atomic mass is 10.00. The fourth-order valence-corrected chi connectivity index (χ4v) is 3.11. The molecule has 1 atom stereocenters. The topological polar surface area (TPSA) is 21.3 Å². The minimum atomic E-state index is 0.164. The SMILES string of the molecule is CC(C)CC(C)OC1(CNC2CC2)CCCC1. The second-order valence-electron chi connectivity index (χ2n) is 6.60. The summed E-state index contributed by atoms with van der Waals surface area (Å²) in [5, 5.41) is 3.67. The third-order valence-corrected chi connectivity index (χ3v) is 4.06. The molecule has 100 valence electrons. The molecule has 0 aromatic rings. The fourth-order valence-electron chi connectivity index (χ4n) is 3.11. The van der Waals surface area contributed by atoms with Gasteiger partial charge in [0.1, 0.15) is 0 Å². The van der Waals surface area contributed by atoms with Gasteiger partial charge in [0.25, 0.3) is 0 Å². The monoisotopic (exact) mass is 239 g/mol. The van der Waals surface area contributed by atoms with Crippen molar-refractivity contribution in [1.82, 2.24) is 5.32 Å². The molecule has 0 heterocycles. The van der Waals surface area contributed by atoms with Crippen molar-refractivity contribution in [3.8, 4) is 0 Å². The summed E-state index contributed by atoms with van der Waals surface area (Å²) in [6.07, 6.45) is 9.56. The Balaban J connectivity index is 1.81. The Morgan fingerprint density at radius 2 is 1.82 bits per heavy atom. The Bertz CT molecular complexity index is 229. The molecule has 1 unspecified atom stereocenters. The van der Waals surface area contributed by atoms with E-state index in [4.69, 9.17) is 4.74 Å². The van der Waals surface area contributed by atoms with Crippen molar-refractivity contribution in [3.63, 3.8) is 0 Å². The molecule has 2 rings (SSSR count). The summed E-state index contributed by atoms with van der Waals surface area (Å²) in [6, 6.07) is 0.802. The number of hydrogen-bond acceptors (Lipinski definition) is 2. The summed E-state index contributed by atoms with van der Waals surface area (Å²) in [7, 11) is 0. The van der Waals surface area contributed by atoms with Crippen LogP contribution >= 0.6 is 0 Å². The second kappa shape index (κ2) is 5.71. The Hall–Kier alpha value is -0.0800. The van der Waals surface area contributed by atoms with Crippen LogP contribution in [0, 0.1) is 5.92 Å². The highest BCUT2D eigenvalue weighted by molar-refractivity contribution is 4.92. The number of hydrogen-bond donors (Lipinski definition) is 1. The number of rotatable bonds is 7. The molecule has 2 nitrogen and oxygen atoms in total. The molecule has 0 radical (unpaired) electrons. The standard InChI is InChI=1S/C15H29NO/c1-12(2)10-13(3)17-15(8-4-5-9-15)11-16-14-6-7-14/h12-14,16H,4-11H2,1-3H3. The van der Waals surface area contributed by atoms with Gasteiger partial charge in [-0.15, -0.1) is 0 Å². The first kappa shape index (κ1) is 13.4. The van der Waals surface area contributed by atoms with Crippen LogP contribution in [-0.4, -0.2) is 24.3 Å². The van der Waals surface area contributed by atoms with Crippen molar-refractivity contribution in [3.05, 3.63) is 0 Å². The lowest BCUT2D eigenvalue weighted by molar-refractivity contribution is -0.0876. The second-order valence-corrected chi connectivity index (χ2v) is 6.60. The van der Waals surface area contributed by atoms with E-state index in [1.54, 1.807) is 0 Å². The largest absolute Gasteiger partial charge is 0.371 e. The molecule has 0 amide bonds. The van der Waals surface area contributed by atoms with Crippen LogP contribution in [0.25, 0.3) is 0 Å². The summed E-state index contributed by atoms with van der Waals surface area (Å²) >= 11 is 0. The highest BCUT2D eigenvalue weighted by atomic mass is 16.5. The fraction of sp³-hybridized carbons (Fsp3) is 1.00. The van der Waals surface area contributed by atoms with Crippen molar-refractivity contribution in [2.45, 2.75) is 83.5 Å². The molecule has 2 aliphatic carbocycles. The highest BCUT2D eigenvalue weighted by Crippen LogP contribution is 2.35. The number of nitrogens with one attached hydrogen (secondary N) is 1. The molecule has 2 fully saturated rings. The molecule has 1 N–H and O–H groups in total. The molecule has 0 saturated heterocycles. The van der Waals surface area contributed by atoms with E-state index in [1.165, 1.54) is 44.9 Å². The van der Waals surface area contributed by atoms with E-state index >= 15 is 0 Å². The smallest absolute Gasteiger partial charge is 0.0810 e. The molecular weight excluding hydrogens is 210 g/mol. The molecule has 0 aliphatic heterocycles. The maximum atomic E-state index is 6.43. The predicted molar refractivity (Wildman–Crippen MR) is 72.2 cm³/mol. The molecule has 0 aromatic carbocycles. The summed E-state index contributed by atoms with van der Waals surface area (Å²) in [5.74, 6) is 0.736. The Kier molecular flexibility index (Phi) is 4.48. The van der Waals surface area contributed by atoms with Crippen LogP contribution in [0.2, 0.25) is 0 Å². The molecule has 0 spiro atoms. The van der Waals surface area contributed by atoms with Crippen molar-refractivity contribution >= 4 is 0 Å². The minimum Gasteiger partial charge on any atom is -0.371 e. The van der Waals surface area contributed by atoms with Crippen LogP contribution in [0.4, 0.5) is 0 Å². The summed E-state index contributed by atoms with van der Waals surface area (Å²) in [6.45, 7) is 7.89. The molecule has 0 aromatic heterocycles. The molecule has 2 aliphatic rings. The van der Waals surface area contributed by atoms with Gasteiger partial charge in [0.2, 0.25) is 0 Å². The van der Waals surface area contributed by atoms with Crippen molar-refractivity contribution in [2.75, 3.05) is 6.54 Å². The van der Waals surface area contributed by atoms with Crippen LogP contribution in [0.3, 0.4) is 0 Å². The van der Waals surface area contributed by atoms with Crippen LogP contribution < -0.4 is 5.32 Å². The van der Waals surface area contributed by atoms with E-state index in [9.17, 15) is 0 Å². The highest BCUT2D eigenvalue weighted by Gasteiger charge is 2.37. The third-order valence-electron chi connectivity index (χ3n) is 4.06. The van der Waals surface area contributed by atoms with Gasteiger partial charge in [-0.1, -0.05) is 26.7 Å². The normalized spacial score (nSPS) is 25.4. The van der Waals surface area contributed by atoms with Gasteiger partial charge in [0, 0.05) is 12.6 Å². The Morgan fingerprint density at radius 3 is 2.35 bits per heavy atom. The van der Waals surface area contributed by atoms with E-state index in [0.29, 0.717) is 6.10 Å². The summed E-state index contributed by atoms with van der Waals surface area (Å²) < 4.78 is 6.43. The average molecular weight is 239 g/mol. The van der Waals surface area contributed by atoms with E-state index in [2.05, 4.69) is 26.1 Å². The van der Waals surface area contributed by atoms with Gasteiger partial charge in [0.15, 0.2) is 0 Å². The predicted octanol–water partition coefficient (Wildman–Crippen LogP) is 3.50. The number of ether oxygens (including phenoxy) is 1. The molecule has 2 saturated carbocycles. The Morgan fingerprint density at radius 1 is 1.18 bits per heavy atom. The molecule has 17 heavy (non-hydrogen) atoms. The van der Waals surface area contributed by atoms with Crippen LogP contribution in [0.5, 0.6) is 0 Å². The third kappa shape index (κ3) is 4.26. The van der Waals surface area contributed by atoms with Crippen molar-refractivity contribution < 1.29 is 4.74 Å². The molecule has 2 heteroatoms. The quantitative estimate of drug-likeness (QED) is 0.734. The molecule has 0 bridgehead atoms. The van der Waals surface area contributed by atoms with E-state index in [-0.39, 0.29) is 5.60 Å². The minimum absolute atomic E-state index is 0.164. The zero-order valence-electron chi connectivity index (χ0n) is 11.8. The van der Waals surface area contributed by atoms with E-state index in [1.807, 2.05) is 0 Å². The summed E-state index contributed by atoms with van der Waals surface area (Å²) in [5.41, 5.74) is 0.164. The van der Waals surface area contributed by atoms with E-state index in [0.717, 1.165) is 18.5 Å². The van der Waals surface area contributed by atoms with Gasteiger partial charge < -0.3 is 10.1 Å². The summed E-state index contributed by atoms with van der Waals surface area (Å²) in [4.78, 5) is 0. The maximum Gasteiger partial charge on any atom is 0.0810 e. The first-order valence-corrected chi connectivity index (χ1v) is 7.51. The van der Waals surface area contributed by atoms with Crippen molar-refractivity contribution in [1.29, 1.82) is 0 Å². The first-order valence-electron chi connectivity index (χ1n) is 7.51. The first-order chi connectivity index (χ1) is 8.10. The van der Waals surface area contributed by atoms with Gasteiger partial charge in [-0.05, 0) is 44.9 Å². The van der Waals surface area contributed by atoms with Gasteiger partial charge in [-0.25, -0.2) is 0 Å². The Labute approximate surface area is 107 Å². The van der Waals surface area contributed by atoms with Crippen molar-refractivity contribution in [2.24, 2.45) is 5.92 Å². The van der Waals surface area contributed by atoms with Gasteiger partial charge in [0.05, 0.1) is 11.7 Å². The molecular formula is C15H29NO. The van der Waals surface area contributed by atoms with Gasteiger partial charge in [-0.2, -0.15) is 0 Å².